The molecule has 0 aromatic heterocycles. The van der Waals surface area contributed by atoms with Crippen LogP contribution in [0.25, 0.3) is 0 Å². The molecule has 1 saturated heterocycles. The molecule has 0 bridgehead atoms. The first-order chi connectivity index (χ1) is 10.6. The third-order valence-electron chi connectivity index (χ3n) is 4.56. The van der Waals surface area contributed by atoms with Gasteiger partial charge in [-0.25, -0.2) is 0 Å². The van der Waals surface area contributed by atoms with Crippen molar-refractivity contribution in [2.24, 2.45) is 10.9 Å². The molecule has 3 atom stereocenters. The lowest BCUT2D eigenvalue weighted by Crippen LogP contribution is -2.51. The van der Waals surface area contributed by atoms with Gasteiger partial charge in [-0.3, -0.25) is 4.99 Å². The molecule has 1 N–H and O–H groups in total. The second kappa shape index (κ2) is 6.59. The molecule has 3 unspecified atom stereocenters. The molecule has 0 radical (unpaired) electrons. The predicted octanol–water partition coefficient (Wildman–Crippen LogP) is 2.82. The predicted molar refractivity (Wildman–Crippen MR) is 90.5 cm³/mol. The molecule has 4 heteroatoms. The van der Waals surface area contributed by atoms with Gasteiger partial charge in [0.05, 0.1) is 18.6 Å². The molecule has 2 heterocycles. The van der Waals surface area contributed by atoms with Crippen LogP contribution in [0.2, 0.25) is 0 Å². The van der Waals surface area contributed by atoms with Gasteiger partial charge in [0.25, 0.3) is 0 Å². The highest BCUT2D eigenvalue weighted by atomic mass is 16.5. The van der Waals surface area contributed by atoms with E-state index in [9.17, 15) is 0 Å². The van der Waals surface area contributed by atoms with Crippen molar-refractivity contribution < 1.29 is 4.74 Å². The smallest absolute Gasteiger partial charge is 0.194 e. The Morgan fingerprint density at radius 1 is 1.32 bits per heavy atom. The Kier molecular flexibility index (Phi) is 4.55. The number of guanidine groups is 1. The van der Waals surface area contributed by atoms with Crippen molar-refractivity contribution in [2.45, 2.75) is 45.7 Å². The summed E-state index contributed by atoms with van der Waals surface area (Å²) < 4.78 is 5.85. The van der Waals surface area contributed by atoms with E-state index >= 15 is 0 Å². The van der Waals surface area contributed by atoms with Crippen LogP contribution in [0.5, 0.6) is 5.75 Å². The van der Waals surface area contributed by atoms with E-state index in [1.165, 1.54) is 18.4 Å². The summed E-state index contributed by atoms with van der Waals surface area (Å²) in [6.07, 6.45) is 2.60. The van der Waals surface area contributed by atoms with Crippen LogP contribution in [0.4, 0.5) is 0 Å². The van der Waals surface area contributed by atoms with Crippen molar-refractivity contribution in [1.29, 1.82) is 0 Å². The third kappa shape index (κ3) is 3.54. The fraction of sp³-hybridized carbons (Fsp3) is 0.611. The summed E-state index contributed by atoms with van der Waals surface area (Å²) in [5.41, 5.74) is 1.25. The maximum absolute atomic E-state index is 5.85. The molecule has 0 aliphatic carbocycles. The number of ether oxygens (including phenoxy) is 1. The second-order valence-corrected chi connectivity index (χ2v) is 6.82. The fourth-order valence-electron chi connectivity index (χ4n) is 3.19. The number of benzene rings is 1. The molecule has 4 nitrogen and oxygen atoms in total. The summed E-state index contributed by atoms with van der Waals surface area (Å²) in [5.74, 6) is 2.76. The van der Waals surface area contributed by atoms with E-state index in [1.54, 1.807) is 0 Å². The summed E-state index contributed by atoms with van der Waals surface area (Å²) in [4.78, 5) is 7.15. The maximum Gasteiger partial charge on any atom is 0.194 e. The molecule has 3 rings (SSSR count). The van der Waals surface area contributed by atoms with E-state index in [0.717, 1.165) is 30.7 Å². The Bertz CT molecular complexity index is 526. The van der Waals surface area contributed by atoms with Crippen LogP contribution in [0.15, 0.2) is 29.3 Å². The molecular weight excluding hydrogens is 274 g/mol. The number of rotatable bonds is 4. The van der Waals surface area contributed by atoms with Crippen molar-refractivity contribution >= 4 is 5.96 Å². The minimum Gasteiger partial charge on any atom is -0.491 e. The number of aliphatic imine (C=N–C) groups is 1. The van der Waals surface area contributed by atoms with Gasteiger partial charge in [0, 0.05) is 6.54 Å². The summed E-state index contributed by atoms with van der Waals surface area (Å²) >= 11 is 0. The number of piperidine rings is 1. The lowest BCUT2D eigenvalue weighted by Gasteiger charge is -2.36. The van der Waals surface area contributed by atoms with Gasteiger partial charge in [-0.05, 0) is 44.7 Å². The summed E-state index contributed by atoms with van der Waals surface area (Å²) in [6.45, 7) is 9.29. The molecule has 0 saturated carbocycles. The Morgan fingerprint density at radius 3 is 2.86 bits per heavy atom. The summed E-state index contributed by atoms with van der Waals surface area (Å²) in [6, 6.07) is 9.07. The van der Waals surface area contributed by atoms with Gasteiger partial charge in [0.1, 0.15) is 12.4 Å². The molecule has 1 aromatic rings. The molecule has 0 amide bonds. The number of hydrogen-bond acceptors (Lipinski definition) is 4. The zero-order valence-electron chi connectivity index (χ0n) is 13.9. The minimum absolute atomic E-state index is 0.246. The summed E-state index contributed by atoms with van der Waals surface area (Å²) in [5, 5.41) is 3.53. The highest BCUT2D eigenvalue weighted by Crippen LogP contribution is 2.25. The van der Waals surface area contributed by atoms with Crippen molar-refractivity contribution in [1.82, 2.24) is 10.2 Å². The average molecular weight is 301 g/mol. The lowest BCUT2D eigenvalue weighted by molar-refractivity contribution is 0.207. The first-order valence-corrected chi connectivity index (χ1v) is 8.39. The van der Waals surface area contributed by atoms with Crippen molar-refractivity contribution in [2.75, 3.05) is 19.7 Å². The number of fused-ring (bicyclic) bond motifs is 1. The van der Waals surface area contributed by atoms with E-state index in [0.29, 0.717) is 12.6 Å². The van der Waals surface area contributed by atoms with E-state index < -0.39 is 0 Å². The van der Waals surface area contributed by atoms with E-state index in [-0.39, 0.29) is 6.04 Å². The van der Waals surface area contributed by atoms with Gasteiger partial charge in [0.15, 0.2) is 5.96 Å². The van der Waals surface area contributed by atoms with Gasteiger partial charge in [-0.1, -0.05) is 24.6 Å². The highest BCUT2D eigenvalue weighted by molar-refractivity contribution is 5.82. The first kappa shape index (κ1) is 15.2. The van der Waals surface area contributed by atoms with Crippen LogP contribution in [0.3, 0.4) is 0 Å². The van der Waals surface area contributed by atoms with Crippen LogP contribution >= 0.6 is 0 Å². The van der Waals surface area contributed by atoms with E-state index in [1.807, 2.05) is 12.1 Å². The molecule has 1 fully saturated rings. The average Bonchev–Trinajstić information content (AvgIpc) is 2.89. The van der Waals surface area contributed by atoms with Crippen LogP contribution in [-0.2, 0) is 0 Å². The van der Waals surface area contributed by atoms with Crippen molar-refractivity contribution in [3.63, 3.8) is 0 Å². The Hall–Kier alpha value is -1.71. The minimum atomic E-state index is 0.246. The summed E-state index contributed by atoms with van der Waals surface area (Å²) in [7, 11) is 0. The van der Waals surface area contributed by atoms with Crippen LogP contribution in [0, 0.1) is 12.8 Å². The Balaban J connectivity index is 1.49. The molecular formula is C18H27N3O. The molecule has 2 aliphatic rings. The third-order valence-corrected chi connectivity index (χ3v) is 4.56. The Labute approximate surface area is 133 Å². The Morgan fingerprint density at radius 2 is 2.09 bits per heavy atom. The number of hydrogen-bond donors (Lipinski definition) is 1. The normalized spacial score (nSPS) is 25.4. The number of nitrogens with one attached hydrogen (secondary N) is 1. The van der Waals surface area contributed by atoms with Gasteiger partial charge in [-0.2, -0.15) is 0 Å². The van der Waals surface area contributed by atoms with E-state index in [2.05, 4.69) is 43.1 Å². The SMILES string of the molecule is Cc1ccc(OCC(C)NC2=NCC3CCC(C)CN23)cc1. The van der Waals surface area contributed by atoms with Crippen LogP contribution in [0.1, 0.15) is 32.3 Å². The zero-order valence-corrected chi connectivity index (χ0v) is 13.9. The maximum atomic E-state index is 5.85. The van der Waals surface area contributed by atoms with Gasteiger partial charge >= 0.3 is 0 Å². The highest BCUT2D eigenvalue weighted by Gasteiger charge is 2.32. The lowest BCUT2D eigenvalue weighted by atomic mass is 9.95. The molecule has 0 spiro atoms. The fourth-order valence-corrected chi connectivity index (χ4v) is 3.19. The van der Waals surface area contributed by atoms with Crippen molar-refractivity contribution in [3.8, 4) is 5.75 Å². The van der Waals surface area contributed by atoms with Gasteiger partial charge in [-0.15, -0.1) is 0 Å². The molecule has 120 valence electrons. The van der Waals surface area contributed by atoms with Gasteiger partial charge in [0.2, 0.25) is 0 Å². The quantitative estimate of drug-likeness (QED) is 0.929. The monoisotopic (exact) mass is 301 g/mol. The van der Waals surface area contributed by atoms with Crippen molar-refractivity contribution in [3.05, 3.63) is 29.8 Å². The topological polar surface area (TPSA) is 36.9 Å². The zero-order chi connectivity index (χ0) is 15.5. The van der Waals surface area contributed by atoms with Crippen LogP contribution < -0.4 is 10.1 Å². The molecule has 1 aromatic carbocycles. The largest absolute Gasteiger partial charge is 0.491 e. The number of nitrogens with zero attached hydrogens (tertiary/aromatic N) is 2. The second-order valence-electron chi connectivity index (χ2n) is 6.82. The first-order valence-electron chi connectivity index (χ1n) is 8.39. The number of aryl methyl sites for hydroxylation is 1. The van der Waals surface area contributed by atoms with Gasteiger partial charge < -0.3 is 15.0 Å². The van der Waals surface area contributed by atoms with Crippen LogP contribution in [-0.4, -0.2) is 42.6 Å². The molecule has 22 heavy (non-hydrogen) atoms. The standard InChI is InChI=1S/C18H27N3O/c1-13-5-8-17(9-6-13)22-12-15(3)20-18-19-10-16-7-4-14(2)11-21(16)18/h5-6,8-9,14-16H,4,7,10-12H2,1-3H3,(H,19,20). The molecule has 2 aliphatic heterocycles. The van der Waals surface area contributed by atoms with E-state index in [4.69, 9.17) is 9.73 Å².